The second-order valence-corrected chi connectivity index (χ2v) is 6.00. The number of benzene rings is 1. The Morgan fingerprint density at radius 2 is 2.10 bits per heavy atom. The van der Waals surface area contributed by atoms with Crippen LogP contribution in [-0.2, 0) is 6.42 Å². The van der Waals surface area contributed by atoms with Gasteiger partial charge in [-0.05, 0) is 18.4 Å². The first kappa shape index (κ1) is 12.2. The number of aromatic nitrogens is 3. The van der Waals surface area contributed by atoms with Crippen LogP contribution >= 0.6 is 11.6 Å². The van der Waals surface area contributed by atoms with Gasteiger partial charge in [0, 0.05) is 23.7 Å². The summed E-state index contributed by atoms with van der Waals surface area (Å²) in [6.45, 7) is 2.30. The van der Waals surface area contributed by atoms with Crippen molar-refractivity contribution in [3.8, 4) is 0 Å². The van der Waals surface area contributed by atoms with Crippen molar-refractivity contribution >= 4 is 33.5 Å². The third kappa shape index (κ3) is 1.73. The number of hydrogen-bond acceptors (Lipinski definition) is 2. The van der Waals surface area contributed by atoms with E-state index in [-0.39, 0.29) is 0 Å². The highest BCUT2D eigenvalue weighted by Crippen LogP contribution is 2.46. The molecule has 1 fully saturated rings. The predicted octanol–water partition coefficient (Wildman–Crippen LogP) is 3.95. The van der Waals surface area contributed by atoms with Crippen LogP contribution in [0.5, 0.6) is 0 Å². The molecule has 1 aliphatic rings. The third-order valence-electron chi connectivity index (χ3n) is 4.21. The van der Waals surface area contributed by atoms with Crippen molar-refractivity contribution < 1.29 is 0 Å². The molecule has 0 N–H and O–H groups in total. The van der Waals surface area contributed by atoms with Crippen molar-refractivity contribution in [2.24, 2.45) is 5.92 Å². The van der Waals surface area contributed by atoms with E-state index in [1.54, 1.807) is 0 Å². The van der Waals surface area contributed by atoms with Gasteiger partial charge < -0.3 is 4.57 Å². The molecule has 4 heteroatoms. The molecule has 102 valence electrons. The van der Waals surface area contributed by atoms with Crippen molar-refractivity contribution in [1.29, 1.82) is 0 Å². The van der Waals surface area contributed by atoms with Gasteiger partial charge in [-0.1, -0.05) is 25.1 Å². The Morgan fingerprint density at radius 1 is 1.30 bits per heavy atom. The fraction of sp³-hybridized carbons (Fsp3) is 0.375. The summed E-state index contributed by atoms with van der Waals surface area (Å²) in [6.07, 6.45) is 3.93. The van der Waals surface area contributed by atoms with E-state index in [9.17, 15) is 0 Å². The third-order valence-corrected chi connectivity index (χ3v) is 4.40. The van der Waals surface area contributed by atoms with Gasteiger partial charge in [0.25, 0.3) is 0 Å². The predicted molar refractivity (Wildman–Crippen MR) is 82.3 cm³/mol. The number of fused-ring (bicyclic) bond motifs is 3. The summed E-state index contributed by atoms with van der Waals surface area (Å²) in [6, 6.07) is 8.87. The normalized spacial score (nSPS) is 21.7. The molecule has 0 spiro atoms. The topological polar surface area (TPSA) is 30.7 Å². The van der Waals surface area contributed by atoms with E-state index < -0.39 is 0 Å². The Bertz CT molecular complexity index is 793. The molecule has 3 nitrogen and oxygen atoms in total. The van der Waals surface area contributed by atoms with Crippen LogP contribution in [-0.4, -0.2) is 20.4 Å². The first-order chi connectivity index (χ1) is 9.79. The average Bonchev–Trinajstić information content (AvgIpc) is 3.06. The van der Waals surface area contributed by atoms with Crippen LogP contribution in [0.1, 0.15) is 25.2 Å². The Balaban J connectivity index is 2.07. The maximum absolute atomic E-state index is 5.95. The lowest BCUT2D eigenvalue weighted by Gasteiger charge is -2.09. The summed E-state index contributed by atoms with van der Waals surface area (Å²) in [4.78, 5) is 9.28. The van der Waals surface area contributed by atoms with Crippen LogP contribution in [0.3, 0.4) is 0 Å². The Morgan fingerprint density at radius 3 is 2.85 bits per heavy atom. The standard InChI is InChI=1S/C16H16ClN3/c1-10-8-14(10)20-15(6-7-17)19-13-9-18-12-5-3-2-4-11(12)16(13)20/h2-5,9-10,14H,6-8H2,1H3. The molecule has 0 bridgehead atoms. The molecule has 0 amide bonds. The highest BCUT2D eigenvalue weighted by molar-refractivity contribution is 6.18. The molecular formula is C16H16ClN3. The second kappa shape index (κ2) is 4.45. The van der Waals surface area contributed by atoms with Crippen LogP contribution in [0, 0.1) is 5.92 Å². The fourth-order valence-electron chi connectivity index (χ4n) is 3.05. The molecular weight excluding hydrogens is 270 g/mol. The van der Waals surface area contributed by atoms with Crippen molar-refractivity contribution in [1.82, 2.24) is 14.5 Å². The lowest BCUT2D eigenvalue weighted by atomic mass is 10.2. The number of rotatable bonds is 3. The monoisotopic (exact) mass is 285 g/mol. The minimum atomic E-state index is 0.573. The summed E-state index contributed by atoms with van der Waals surface area (Å²) in [5.74, 6) is 2.44. The Labute approximate surface area is 122 Å². The number of alkyl halides is 1. The Hall–Kier alpha value is -1.61. The molecule has 0 saturated heterocycles. The summed E-state index contributed by atoms with van der Waals surface area (Å²) < 4.78 is 2.41. The zero-order valence-corrected chi connectivity index (χ0v) is 12.1. The molecule has 1 aromatic carbocycles. The van der Waals surface area contributed by atoms with Gasteiger partial charge in [0.05, 0.1) is 17.2 Å². The molecule has 2 heterocycles. The van der Waals surface area contributed by atoms with E-state index in [1.807, 2.05) is 12.3 Å². The van der Waals surface area contributed by atoms with Gasteiger partial charge in [0.15, 0.2) is 0 Å². The minimum absolute atomic E-state index is 0.573. The van der Waals surface area contributed by atoms with Crippen molar-refractivity contribution in [3.63, 3.8) is 0 Å². The fourth-order valence-corrected chi connectivity index (χ4v) is 3.22. The number of imidazole rings is 1. The van der Waals surface area contributed by atoms with Crippen LogP contribution in [0.15, 0.2) is 30.5 Å². The highest BCUT2D eigenvalue weighted by Gasteiger charge is 2.37. The lowest BCUT2D eigenvalue weighted by Crippen LogP contribution is -2.03. The first-order valence-corrected chi connectivity index (χ1v) is 7.63. The van der Waals surface area contributed by atoms with Gasteiger partial charge in [-0.15, -0.1) is 11.6 Å². The molecule has 3 aromatic rings. The van der Waals surface area contributed by atoms with E-state index in [4.69, 9.17) is 16.6 Å². The minimum Gasteiger partial charge on any atom is -0.324 e. The maximum atomic E-state index is 5.95. The van der Waals surface area contributed by atoms with Gasteiger partial charge in [-0.25, -0.2) is 4.98 Å². The smallest absolute Gasteiger partial charge is 0.111 e. The molecule has 1 saturated carbocycles. The van der Waals surface area contributed by atoms with Crippen molar-refractivity contribution in [2.75, 3.05) is 5.88 Å². The van der Waals surface area contributed by atoms with Gasteiger partial charge in [-0.3, -0.25) is 4.98 Å². The summed E-state index contributed by atoms with van der Waals surface area (Å²) >= 11 is 5.95. The number of nitrogens with zero attached hydrogens (tertiary/aromatic N) is 3. The van der Waals surface area contributed by atoms with Gasteiger partial charge in [0.2, 0.25) is 0 Å². The number of para-hydroxylation sites is 1. The molecule has 20 heavy (non-hydrogen) atoms. The lowest BCUT2D eigenvalue weighted by molar-refractivity contribution is 0.666. The van der Waals surface area contributed by atoms with E-state index in [1.165, 1.54) is 17.3 Å². The van der Waals surface area contributed by atoms with Crippen LogP contribution in [0.4, 0.5) is 0 Å². The van der Waals surface area contributed by atoms with Crippen LogP contribution < -0.4 is 0 Å². The zero-order chi connectivity index (χ0) is 13.7. The van der Waals surface area contributed by atoms with E-state index in [2.05, 4.69) is 34.7 Å². The number of pyridine rings is 1. The van der Waals surface area contributed by atoms with E-state index in [0.29, 0.717) is 11.9 Å². The molecule has 1 aliphatic carbocycles. The summed E-state index contributed by atoms with van der Waals surface area (Å²) in [7, 11) is 0. The van der Waals surface area contributed by atoms with Gasteiger partial charge >= 0.3 is 0 Å². The van der Waals surface area contributed by atoms with Crippen molar-refractivity contribution in [3.05, 3.63) is 36.3 Å². The molecule has 4 rings (SSSR count). The molecule has 2 aromatic heterocycles. The van der Waals surface area contributed by atoms with Gasteiger partial charge in [0.1, 0.15) is 11.3 Å². The molecule has 0 radical (unpaired) electrons. The first-order valence-electron chi connectivity index (χ1n) is 7.10. The summed E-state index contributed by atoms with van der Waals surface area (Å²) in [5, 5.41) is 1.19. The van der Waals surface area contributed by atoms with Gasteiger partial charge in [-0.2, -0.15) is 0 Å². The number of halogens is 1. The molecule has 2 unspecified atom stereocenters. The SMILES string of the molecule is CC1CC1n1c(CCCl)nc2cnc3ccccc3c21. The largest absolute Gasteiger partial charge is 0.324 e. The zero-order valence-electron chi connectivity index (χ0n) is 11.4. The quantitative estimate of drug-likeness (QED) is 0.682. The van der Waals surface area contributed by atoms with Crippen molar-refractivity contribution in [2.45, 2.75) is 25.8 Å². The number of aryl methyl sites for hydroxylation is 1. The highest BCUT2D eigenvalue weighted by atomic mass is 35.5. The van der Waals surface area contributed by atoms with Crippen LogP contribution in [0.2, 0.25) is 0 Å². The van der Waals surface area contributed by atoms with Crippen LogP contribution in [0.25, 0.3) is 21.9 Å². The van der Waals surface area contributed by atoms with E-state index in [0.717, 1.165) is 29.2 Å². The average molecular weight is 286 g/mol. The maximum Gasteiger partial charge on any atom is 0.111 e. The second-order valence-electron chi connectivity index (χ2n) is 5.63. The number of hydrogen-bond donors (Lipinski definition) is 0. The molecule has 2 atom stereocenters. The molecule has 0 aliphatic heterocycles. The van der Waals surface area contributed by atoms with E-state index >= 15 is 0 Å². The summed E-state index contributed by atoms with van der Waals surface area (Å²) in [5.41, 5.74) is 3.25. The Kier molecular flexibility index (Phi) is 2.71.